The van der Waals surface area contributed by atoms with Gasteiger partial charge in [0.1, 0.15) is 0 Å². The van der Waals surface area contributed by atoms with Gasteiger partial charge in [0.05, 0.1) is 12.2 Å². The van der Waals surface area contributed by atoms with Gasteiger partial charge in [-0.25, -0.2) is 0 Å². The van der Waals surface area contributed by atoms with Gasteiger partial charge in [-0.15, -0.1) is 0 Å². The number of fused-ring (bicyclic) bond motifs is 1. The minimum Gasteiger partial charge on any atom is -0.374 e. The van der Waals surface area contributed by atoms with Gasteiger partial charge < -0.3 is 4.74 Å². The van der Waals surface area contributed by atoms with Crippen molar-refractivity contribution in [3.05, 3.63) is 35.4 Å². The lowest BCUT2D eigenvalue weighted by atomic mass is 9.89. The lowest BCUT2D eigenvalue weighted by Gasteiger charge is -2.25. The summed E-state index contributed by atoms with van der Waals surface area (Å²) in [6.45, 7) is 0.778. The first kappa shape index (κ1) is 12.1. The molecule has 0 radical (unpaired) electrons. The molecule has 17 heavy (non-hydrogen) atoms. The Balaban J connectivity index is 1.84. The SMILES string of the molecule is N#CCCCCOC1CCCc2ccccc21. The minimum atomic E-state index is 0.280. The van der Waals surface area contributed by atoms with E-state index in [1.165, 1.54) is 24.0 Å². The normalized spacial score (nSPS) is 18.4. The van der Waals surface area contributed by atoms with E-state index in [9.17, 15) is 0 Å². The Hall–Kier alpha value is -1.33. The van der Waals surface area contributed by atoms with E-state index < -0.39 is 0 Å². The van der Waals surface area contributed by atoms with Crippen LogP contribution in [-0.2, 0) is 11.2 Å². The van der Waals surface area contributed by atoms with Crippen LogP contribution in [0.2, 0.25) is 0 Å². The van der Waals surface area contributed by atoms with Crippen LogP contribution in [0.1, 0.15) is 49.3 Å². The second-order valence-electron chi connectivity index (χ2n) is 4.57. The Morgan fingerprint density at radius 1 is 1.29 bits per heavy atom. The van der Waals surface area contributed by atoms with E-state index in [0.717, 1.165) is 25.9 Å². The van der Waals surface area contributed by atoms with E-state index in [4.69, 9.17) is 10.00 Å². The van der Waals surface area contributed by atoms with Gasteiger partial charge in [-0.1, -0.05) is 24.3 Å². The second kappa shape index (κ2) is 6.42. The summed E-state index contributed by atoms with van der Waals surface area (Å²) in [6, 6.07) is 10.8. The predicted molar refractivity (Wildman–Crippen MR) is 67.5 cm³/mol. The number of benzene rings is 1. The summed E-state index contributed by atoms with van der Waals surface area (Å²) >= 11 is 0. The average molecular weight is 229 g/mol. The molecule has 1 aromatic rings. The number of hydrogen-bond donors (Lipinski definition) is 0. The summed E-state index contributed by atoms with van der Waals surface area (Å²) in [5.41, 5.74) is 2.82. The highest BCUT2D eigenvalue weighted by Gasteiger charge is 2.19. The summed E-state index contributed by atoms with van der Waals surface area (Å²) < 4.78 is 5.95. The quantitative estimate of drug-likeness (QED) is 0.720. The van der Waals surface area contributed by atoms with Crippen LogP contribution in [-0.4, -0.2) is 6.61 Å². The zero-order chi connectivity index (χ0) is 11.9. The molecule has 1 aliphatic carbocycles. The lowest BCUT2D eigenvalue weighted by molar-refractivity contribution is 0.0386. The highest BCUT2D eigenvalue weighted by atomic mass is 16.5. The third-order valence-corrected chi connectivity index (χ3v) is 3.32. The van der Waals surface area contributed by atoms with Crippen LogP contribution in [0, 0.1) is 11.3 Å². The monoisotopic (exact) mass is 229 g/mol. The number of rotatable bonds is 5. The molecule has 0 aromatic heterocycles. The van der Waals surface area contributed by atoms with Crippen LogP contribution >= 0.6 is 0 Å². The first-order valence-electron chi connectivity index (χ1n) is 6.48. The van der Waals surface area contributed by atoms with Crippen LogP contribution in [0.3, 0.4) is 0 Å². The van der Waals surface area contributed by atoms with Gasteiger partial charge >= 0.3 is 0 Å². The smallest absolute Gasteiger partial charge is 0.0827 e. The maximum atomic E-state index is 8.45. The Kier molecular flexibility index (Phi) is 4.58. The summed E-state index contributed by atoms with van der Waals surface area (Å²) in [5, 5.41) is 8.45. The molecule has 0 spiro atoms. The van der Waals surface area contributed by atoms with Gasteiger partial charge in [0.2, 0.25) is 0 Å². The molecule has 90 valence electrons. The molecule has 0 N–H and O–H groups in total. The summed E-state index contributed by atoms with van der Waals surface area (Å²) in [6.07, 6.45) is 6.41. The van der Waals surface area contributed by atoms with Crippen LogP contribution in [0.15, 0.2) is 24.3 Å². The number of hydrogen-bond acceptors (Lipinski definition) is 2. The number of nitriles is 1. The van der Waals surface area contributed by atoms with Crippen molar-refractivity contribution in [2.75, 3.05) is 6.61 Å². The van der Waals surface area contributed by atoms with Crippen molar-refractivity contribution in [1.29, 1.82) is 5.26 Å². The number of unbranched alkanes of at least 4 members (excludes halogenated alkanes) is 2. The van der Waals surface area contributed by atoms with Gasteiger partial charge in [0.25, 0.3) is 0 Å². The molecular formula is C15H19NO. The van der Waals surface area contributed by atoms with Crippen LogP contribution in [0.5, 0.6) is 0 Å². The number of aryl methyl sites for hydroxylation is 1. The third-order valence-electron chi connectivity index (χ3n) is 3.32. The highest BCUT2D eigenvalue weighted by molar-refractivity contribution is 5.31. The maximum Gasteiger partial charge on any atom is 0.0827 e. The largest absolute Gasteiger partial charge is 0.374 e. The van der Waals surface area contributed by atoms with Crippen LogP contribution in [0.4, 0.5) is 0 Å². The fourth-order valence-corrected chi connectivity index (χ4v) is 2.41. The number of ether oxygens (including phenoxy) is 1. The molecule has 0 amide bonds. The Morgan fingerprint density at radius 3 is 3.06 bits per heavy atom. The molecule has 0 bridgehead atoms. The predicted octanol–water partition coefficient (Wildman–Crippen LogP) is 3.77. The zero-order valence-electron chi connectivity index (χ0n) is 10.2. The van der Waals surface area contributed by atoms with Gasteiger partial charge in [-0.3, -0.25) is 0 Å². The van der Waals surface area contributed by atoms with E-state index in [1.807, 2.05) is 0 Å². The van der Waals surface area contributed by atoms with Crippen molar-refractivity contribution in [3.8, 4) is 6.07 Å². The molecule has 0 fully saturated rings. The van der Waals surface area contributed by atoms with Crippen molar-refractivity contribution >= 4 is 0 Å². The van der Waals surface area contributed by atoms with E-state index >= 15 is 0 Å². The molecule has 0 saturated heterocycles. The van der Waals surface area contributed by atoms with Crippen LogP contribution < -0.4 is 0 Å². The molecule has 2 heteroatoms. The minimum absolute atomic E-state index is 0.280. The topological polar surface area (TPSA) is 33.0 Å². The summed E-state index contributed by atoms with van der Waals surface area (Å²) in [5.74, 6) is 0. The van der Waals surface area contributed by atoms with Gasteiger partial charge in [0, 0.05) is 13.0 Å². The highest BCUT2D eigenvalue weighted by Crippen LogP contribution is 2.32. The average Bonchev–Trinajstić information content (AvgIpc) is 2.39. The van der Waals surface area contributed by atoms with E-state index in [-0.39, 0.29) is 6.10 Å². The molecule has 1 atom stereocenters. The summed E-state index contributed by atoms with van der Waals surface area (Å²) in [4.78, 5) is 0. The molecule has 0 aliphatic heterocycles. The third kappa shape index (κ3) is 3.31. The Morgan fingerprint density at radius 2 is 2.18 bits per heavy atom. The van der Waals surface area contributed by atoms with E-state index in [2.05, 4.69) is 30.3 Å². The lowest BCUT2D eigenvalue weighted by Crippen LogP contribution is -2.13. The Labute approximate surface area is 103 Å². The molecule has 2 nitrogen and oxygen atoms in total. The molecule has 1 aliphatic rings. The molecule has 0 heterocycles. The number of nitrogens with zero attached hydrogens (tertiary/aromatic N) is 1. The molecule has 1 aromatic carbocycles. The molecule has 2 rings (SSSR count). The van der Waals surface area contributed by atoms with Crippen molar-refractivity contribution < 1.29 is 4.74 Å². The first-order chi connectivity index (χ1) is 8.42. The zero-order valence-corrected chi connectivity index (χ0v) is 10.2. The molecule has 1 unspecified atom stereocenters. The second-order valence-corrected chi connectivity index (χ2v) is 4.57. The van der Waals surface area contributed by atoms with Crippen molar-refractivity contribution in [1.82, 2.24) is 0 Å². The molecule has 0 saturated carbocycles. The molecular weight excluding hydrogens is 210 g/mol. The maximum absolute atomic E-state index is 8.45. The summed E-state index contributed by atoms with van der Waals surface area (Å²) in [7, 11) is 0. The Bertz CT molecular complexity index is 394. The standard InChI is InChI=1S/C15H19NO/c16-11-4-1-5-12-17-15-10-6-8-13-7-2-3-9-14(13)15/h2-3,7,9,15H,1,4-6,8,10,12H2. The fourth-order valence-electron chi connectivity index (χ4n) is 2.41. The van der Waals surface area contributed by atoms with E-state index in [0.29, 0.717) is 6.42 Å². The van der Waals surface area contributed by atoms with Gasteiger partial charge in [-0.05, 0) is 43.2 Å². The van der Waals surface area contributed by atoms with Gasteiger partial charge in [0.15, 0.2) is 0 Å². The van der Waals surface area contributed by atoms with Crippen molar-refractivity contribution in [3.63, 3.8) is 0 Å². The van der Waals surface area contributed by atoms with Crippen molar-refractivity contribution in [2.24, 2.45) is 0 Å². The first-order valence-corrected chi connectivity index (χ1v) is 6.48. The van der Waals surface area contributed by atoms with Gasteiger partial charge in [-0.2, -0.15) is 5.26 Å². The van der Waals surface area contributed by atoms with Crippen molar-refractivity contribution in [2.45, 2.75) is 44.6 Å². The van der Waals surface area contributed by atoms with E-state index in [1.54, 1.807) is 0 Å². The van der Waals surface area contributed by atoms with Crippen LogP contribution in [0.25, 0.3) is 0 Å². The fraction of sp³-hybridized carbons (Fsp3) is 0.533.